The lowest BCUT2D eigenvalue weighted by atomic mass is 10.2. The van der Waals surface area contributed by atoms with Crippen LogP contribution in [0.4, 0.5) is 11.4 Å². The lowest BCUT2D eigenvalue weighted by Crippen LogP contribution is -2.11. The summed E-state index contributed by atoms with van der Waals surface area (Å²) in [6.45, 7) is 0. The topological polar surface area (TPSA) is 98.9 Å². The Morgan fingerprint density at radius 2 is 1.67 bits per heavy atom. The van der Waals surface area contributed by atoms with Gasteiger partial charge in [-0.15, -0.1) is 0 Å². The van der Waals surface area contributed by atoms with Crippen LogP contribution in [-0.4, -0.2) is 19.6 Å². The number of nitro benzene ring substituents is 1. The summed E-state index contributed by atoms with van der Waals surface area (Å²) in [4.78, 5) is 14.4. The molecule has 3 rings (SSSR count). The summed E-state index contributed by atoms with van der Waals surface area (Å²) in [5.74, 6) is 0.0406. The standard InChI is InChI=1S/C19H11Br2ClN2O5S/c20-13-9-12(11-23-15-3-5-16(6-4-15)24(25)26)19(18(21)10-13)29-30(27,28)17-7-1-14(22)2-8-17/h1-11H. The number of aliphatic imine (C=N–C) groups is 1. The quantitative estimate of drug-likeness (QED) is 0.149. The van der Waals surface area contributed by atoms with Crippen LogP contribution in [0.25, 0.3) is 0 Å². The third kappa shape index (κ3) is 5.45. The molecule has 0 aliphatic rings. The Balaban J connectivity index is 1.96. The molecule has 0 spiro atoms. The van der Waals surface area contributed by atoms with Gasteiger partial charge in [0.15, 0.2) is 5.75 Å². The number of rotatable bonds is 6. The first-order valence-corrected chi connectivity index (χ1v) is 11.5. The van der Waals surface area contributed by atoms with Crippen molar-refractivity contribution < 1.29 is 17.5 Å². The molecule has 154 valence electrons. The Hall–Kier alpha value is -2.27. The molecule has 0 N–H and O–H groups in total. The van der Waals surface area contributed by atoms with E-state index < -0.39 is 15.0 Å². The van der Waals surface area contributed by atoms with Gasteiger partial charge < -0.3 is 4.18 Å². The molecule has 11 heteroatoms. The highest BCUT2D eigenvalue weighted by Gasteiger charge is 2.21. The third-order valence-electron chi connectivity index (χ3n) is 3.75. The maximum absolute atomic E-state index is 12.7. The van der Waals surface area contributed by atoms with Crippen molar-refractivity contribution in [2.45, 2.75) is 4.90 Å². The van der Waals surface area contributed by atoms with Crippen molar-refractivity contribution in [1.82, 2.24) is 0 Å². The van der Waals surface area contributed by atoms with Gasteiger partial charge in [-0.1, -0.05) is 27.5 Å². The van der Waals surface area contributed by atoms with Gasteiger partial charge in [-0.3, -0.25) is 15.1 Å². The summed E-state index contributed by atoms with van der Waals surface area (Å²) in [6.07, 6.45) is 1.41. The van der Waals surface area contributed by atoms with E-state index in [-0.39, 0.29) is 16.3 Å². The SMILES string of the molecule is O=[N+]([O-])c1ccc(N=Cc2cc(Br)cc(Br)c2OS(=O)(=O)c2ccc(Cl)cc2)cc1. The molecular formula is C19H11Br2ClN2O5S. The second-order valence-corrected chi connectivity index (χ2v) is 9.58. The Morgan fingerprint density at radius 1 is 1.03 bits per heavy atom. The molecule has 0 atom stereocenters. The highest BCUT2D eigenvalue weighted by Crippen LogP contribution is 2.34. The van der Waals surface area contributed by atoms with Gasteiger partial charge in [0.2, 0.25) is 0 Å². The minimum atomic E-state index is -4.13. The van der Waals surface area contributed by atoms with Crippen LogP contribution in [0.5, 0.6) is 5.75 Å². The molecule has 30 heavy (non-hydrogen) atoms. The van der Waals surface area contributed by atoms with Gasteiger partial charge in [0.05, 0.1) is 15.1 Å². The predicted octanol–water partition coefficient (Wildman–Crippen LogP) is 6.29. The van der Waals surface area contributed by atoms with Crippen LogP contribution in [0.15, 0.2) is 79.5 Å². The Bertz CT molecular complexity index is 1230. The van der Waals surface area contributed by atoms with Gasteiger partial charge in [-0.2, -0.15) is 8.42 Å². The van der Waals surface area contributed by atoms with Crippen LogP contribution < -0.4 is 4.18 Å². The monoisotopic (exact) mass is 572 g/mol. The smallest absolute Gasteiger partial charge is 0.339 e. The van der Waals surface area contributed by atoms with E-state index in [1.54, 1.807) is 12.1 Å². The van der Waals surface area contributed by atoms with Gasteiger partial charge in [0.1, 0.15) is 4.90 Å². The summed E-state index contributed by atoms with van der Waals surface area (Å²) >= 11 is 12.5. The largest absolute Gasteiger partial charge is 0.377 e. The van der Waals surface area contributed by atoms with Crippen molar-refractivity contribution in [3.8, 4) is 5.75 Å². The molecule has 0 radical (unpaired) electrons. The zero-order valence-electron chi connectivity index (χ0n) is 14.8. The molecule has 0 unspecified atom stereocenters. The average molecular weight is 575 g/mol. The molecule has 0 fully saturated rings. The average Bonchev–Trinajstić information content (AvgIpc) is 2.69. The number of hydrogen-bond acceptors (Lipinski definition) is 6. The van der Waals surface area contributed by atoms with Crippen molar-refractivity contribution in [2.24, 2.45) is 4.99 Å². The highest BCUT2D eigenvalue weighted by atomic mass is 79.9. The van der Waals surface area contributed by atoms with Crippen LogP contribution in [0.1, 0.15) is 5.56 Å². The third-order valence-corrected chi connectivity index (χ3v) is 6.28. The molecule has 0 aliphatic carbocycles. The fraction of sp³-hybridized carbons (Fsp3) is 0. The minimum absolute atomic E-state index is 0.0406. The van der Waals surface area contributed by atoms with Gasteiger partial charge in [0.25, 0.3) is 5.69 Å². The fourth-order valence-corrected chi connectivity index (χ4v) is 4.87. The number of halogens is 3. The first kappa shape index (κ1) is 22.4. The Morgan fingerprint density at radius 3 is 2.27 bits per heavy atom. The van der Waals surface area contributed by atoms with Crippen LogP contribution in [-0.2, 0) is 10.1 Å². The number of non-ortho nitro benzene ring substituents is 1. The molecule has 0 bridgehead atoms. The zero-order valence-corrected chi connectivity index (χ0v) is 19.6. The molecule has 3 aromatic rings. The molecule has 0 saturated heterocycles. The van der Waals surface area contributed by atoms with Gasteiger partial charge in [0, 0.05) is 33.4 Å². The Labute approximate surface area is 193 Å². The molecule has 0 saturated carbocycles. The summed E-state index contributed by atoms with van der Waals surface area (Å²) < 4.78 is 31.8. The van der Waals surface area contributed by atoms with E-state index in [1.165, 1.54) is 54.7 Å². The Kier molecular flexibility index (Phi) is 6.91. The van der Waals surface area contributed by atoms with Gasteiger partial charge >= 0.3 is 10.1 Å². The van der Waals surface area contributed by atoms with Crippen LogP contribution >= 0.6 is 43.5 Å². The van der Waals surface area contributed by atoms with E-state index in [0.29, 0.717) is 25.2 Å². The zero-order chi connectivity index (χ0) is 21.9. The van der Waals surface area contributed by atoms with Crippen molar-refractivity contribution in [1.29, 1.82) is 0 Å². The lowest BCUT2D eigenvalue weighted by molar-refractivity contribution is -0.384. The molecule has 3 aromatic carbocycles. The number of nitrogens with zero attached hydrogens (tertiary/aromatic N) is 2. The molecule has 0 heterocycles. The molecule has 7 nitrogen and oxygen atoms in total. The van der Waals surface area contributed by atoms with Crippen molar-refractivity contribution >= 4 is 71.2 Å². The van der Waals surface area contributed by atoms with Crippen LogP contribution in [0.3, 0.4) is 0 Å². The number of benzene rings is 3. The van der Waals surface area contributed by atoms with E-state index >= 15 is 0 Å². The minimum Gasteiger partial charge on any atom is -0.377 e. The first-order chi connectivity index (χ1) is 14.2. The van der Waals surface area contributed by atoms with Gasteiger partial charge in [-0.05, 0) is 64.5 Å². The summed E-state index contributed by atoms with van der Waals surface area (Å²) in [7, 11) is -4.13. The lowest BCUT2D eigenvalue weighted by Gasteiger charge is -2.12. The molecular weight excluding hydrogens is 564 g/mol. The summed E-state index contributed by atoms with van der Waals surface area (Å²) in [6, 6.07) is 14.5. The number of nitro groups is 1. The molecule has 0 amide bonds. The van der Waals surface area contributed by atoms with Crippen molar-refractivity contribution in [2.75, 3.05) is 0 Å². The van der Waals surface area contributed by atoms with E-state index in [2.05, 4.69) is 36.9 Å². The van der Waals surface area contributed by atoms with Crippen LogP contribution in [0.2, 0.25) is 5.02 Å². The normalized spacial score (nSPS) is 11.6. The predicted molar refractivity (Wildman–Crippen MR) is 121 cm³/mol. The highest BCUT2D eigenvalue weighted by molar-refractivity contribution is 9.11. The maximum atomic E-state index is 12.7. The maximum Gasteiger partial charge on any atom is 0.339 e. The molecule has 0 aromatic heterocycles. The summed E-state index contributed by atoms with van der Waals surface area (Å²) in [5, 5.41) is 11.2. The van der Waals surface area contributed by atoms with E-state index in [9.17, 15) is 18.5 Å². The van der Waals surface area contributed by atoms with Crippen molar-refractivity contribution in [3.05, 3.63) is 90.3 Å². The van der Waals surface area contributed by atoms with Crippen LogP contribution in [0, 0.1) is 10.1 Å². The second kappa shape index (κ2) is 9.25. The summed E-state index contributed by atoms with van der Waals surface area (Å²) in [5.41, 5.74) is 0.757. The van der Waals surface area contributed by atoms with E-state index in [1.807, 2.05) is 0 Å². The fourth-order valence-electron chi connectivity index (χ4n) is 2.33. The van der Waals surface area contributed by atoms with E-state index in [0.717, 1.165) is 0 Å². The number of hydrogen-bond donors (Lipinski definition) is 0. The van der Waals surface area contributed by atoms with Gasteiger partial charge in [-0.25, -0.2) is 0 Å². The molecule has 0 aliphatic heterocycles. The van der Waals surface area contributed by atoms with E-state index in [4.69, 9.17) is 15.8 Å². The second-order valence-electron chi connectivity index (χ2n) is 5.83. The van der Waals surface area contributed by atoms with Crippen molar-refractivity contribution in [3.63, 3.8) is 0 Å². The first-order valence-electron chi connectivity index (χ1n) is 8.13.